The number of hydrogen-bond acceptors (Lipinski definition) is 8. The first-order chi connectivity index (χ1) is 12.0. The highest BCUT2D eigenvalue weighted by molar-refractivity contribution is 5.79. The second-order valence-corrected chi connectivity index (χ2v) is 7.68. The summed E-state index contributed by atoms with van der Waals surface area (Å²) in [5.41, 5.74) is 4.60. The number of aliphatic hydroxyl groups excluding tert-OH is 3. The molecule has 9 nitrogen and oxygen atoms in total. The highest BCUT2D eigenvalue weighted by atomic mass is 16.5. The Hall–Kier alpha value is -0.810. The highest BCUT2D eigenvalue weighted by Crippen LogP contribution is 2.14. The van der Waals surface area contributed by atoms with E-state index in [1.165, 1.54) is 0 Å². The second-order valence-electron chi connectivity index (χ2n) is 7.68. The van der Waals surface area contributed by atoms with E-state index in [0.717, 1.165) is 0 Å². The quantitative estimate of drug-likeness (QED) is 0.139. The summed E-state index contributed by atoms with van der Waals surface area (Å²) in [6.07, 6.45) is 0.812. The maximum Gasteiger partial charge on any atom is 0.224 e. The Morgan fingerprint density at radius 1 is 1.23 bits per heavy atom. The summed E-state index contributed by atoms with van der Waals surface area (Å²) in [6, 6.07) is 0. The van der Waals surface area contributed by atoms with Crippen LogP contribution >= 0.6 is 0 Å². The molecule has 0 aliphatic rings. The SMILES string of the molecule is CC(C)(CCOC(C)(C)N)NC(=O)[C@H](CCCNCO)CNC(O)CO. The van der Waals surface area contributed by atoms with Gasteiger partial charge in [0.25, 0.3) is 0 Å². The van der Waals surface area contributed by atoms with Gasteiger partial charge < -0.3 is 31.1 Å². The molecule has 0 aliphatic carbocycles. The predicted molar refractivity (Wildman–Crippen MR) is 100.0 cm³/mol. The molecule has 0 heterocycles. The second kappa shape index (κ2) is 12.6. The molecule has 0 rings (SSSR count). The minimum Gasteiger partial charge on any atom is -0.392 e. The number of nitrogens with one attached hydrogen (secondary N) is 3. The van der Waals surface area contributed by atoms with Gasteiger partial charge in [-0.05, 0) is 53.5 Å². The molecular formula is C17H38N4O5. The van der Waals surface area contributed by atoms with E-state index in [0.29, 0.717) is 32.4 Å². The lowest BCUT2D eigenvalue weighted by molar-refractivity contribution is -0.127. The van der Waals surface area contributed by atoms with Crippen LogP contribution < -0.4 is 21.7 Å². The van der Waals surface area contributed by atoms with Crippen molar-refractivity contribution in [2.45, 2.75) is 64.4 Å². The van der Waals surface area contributed by atoms with Crippen molar-refractivity contribution in [2.24, 2.45) is 11.7 Å². The number of carbonyl (C=O) groups excluding carboxylic acids is 1. The van der Waals surface area contributed by atoms with Crippen molar-refractivity contribution >= 4 is 5.91 Å². The van der Waals surface area contributed by atoms with Crippen molar-refractivity contribution in [3.05, 3.63) is 0 Å². The lowest BCUT2D eigenvalue weighted by Crippen LogP contribution is -2.50. The van der Waals surface area contributed by atoms with E-state index in [2.05, 4.69) is 16.0 Å². The van der Waals surface area contributed by atoms with E-state index < -0.39 is 24.1 Å². The van der Waals surface area contributed by atoms with Crippen LogP contribution in [0.25, 0.3) is 0 Å². The minimum absolute atomic E-state index is 0.108. The summed E-state index contributed by atoms with van der Waals surface area (Å²) < 4.78 is 5.51. The van der Waals surface area contributed by atoms with Crippen molar-refractivity contribution in [2.75, 3.05) is 33.0 Å². The average molecular weight is 379 g/mol. The lowest BCUT2D eigenvalue weighted by atomic mass is 9.96. The van der Waals surface area contributed by atoms with Gasteiger partial charge in [-0.15, -0.1) is 0 Å². The molecular weight excluding hydrogens is 340 g/mol. The normalized spacial score (nSPS) is 14.9. The van der Waals surface area contributed by atoms with E-state index in [1.807, 2.05) is 13.8 Å². The van der Waals surface area contributed by atoms with Gasteiger partial charge in [0.1, 0.15) is 12.0 Å². The van der Waals surface area contributed by atoms with E-state index in [9.17, 15) is 9.90 Å². The van der Waals surface area contributed by atoms with E-state index in [-0.39, 0.29) is 25.1 Å². The Labute approximate surface area is 156 Å². The molecule has 0 aromatic rings. The van der Waals surface area contributed by atoms with Crippen LogP contribution in [0, 0.1) is 5.92 Å². The third-order valence-electron chi connectivity index (χ3n) is 3.82. The summed E-state index contributed by atoms with van der Waals surface area (Å²) in [7, 11) is 0. The van der Waals surface area contributed by atoms with Crippen LogP contribution in [0.15, 0.2) is 0 Å². The molecule has 0 fully saturated rings. The fourth-order valence-electron chi connectivity index (χ4n) is 2.29. The number of aliphatic hydroxyl groups is 3. The zero-order valence-corrected chi connectivity index (χ0v) is 16.5. The molecule has 1 amide bonds. The molecule has 0 aromatic heterocycles. The molecule has 0 bridgehead atoms. The summed E-state index contributed by atoms with van der Waals surface area (Å²) in [5, 5.41) is 35.7. The molecule has 0 radical (unpaired) electrons. The van der Waals surface area contributed by atoms with Gasteiger partial charge in [-0.1, -0.05) is 0 Å². The van der Waals surface area contributed by atoms with Crippen molar-refractivity contribution in [1.82, 2.24) is 16.0 Å². The van der Waals surface area contributed by atoms with Crippen molar-refractivity contribution in [3.8, 4) is 0 Å². The topological polar surface area (TPSA) is 149 Å². The Kier molecular flexibility index (Phi) is 12.2. The molecule has 0 aliphatic heterocycles. The number of carbonyl (C=O) groups is 1. The number of rotatable bonds is 15. The first-order valence-corrected chi connectivity index (χ1v) is 9.09. The van der Waals surface area contributed by atoms with Gasteiger partial charge in [-0.25, -0.2) is 0 Å². The minimum atomic E-state index is -1.06. The van der Waals surface area contributed by atoms with Gasteiger partial charge in [0.2, 0.25) is 5.91 Å². The van der Waals surface area contributed by atoms with Crippen molar-refractivity contribution < 1.29 is 24.9 Å². The Bertz CT molecular complexity index is 388. The van der Waals surface area contributed by atoms with E-state index in [1.54, 1.807) is 13.8 Å². The molecule has 0 aromatic carbocycles. The monoisotopic (exact) mass is 378 g/mol. The first-order valence-electron chi connectivity index (χ1n) is 9.09. The number of nitrogens with two attached hydrogens (primary N) is 1. The molecule has 0 spiro atoms. The highest BCUT2D eigenvalue weighted by Gasteiger charge is 2.26. The average Bonchev–Trinajstić information content (AvgIpc) is 2.51. The van der Waals surface area contributed by atoms with Gasteiger partial charge in [-0.3, -0.25) is 15.4 Å². The lowest BCUT2D eigenvalue weighted by Gasteiger charge is -2.30. The molecule has 156 valence electrons. The van der Waals surface area contributed by atoms with Crippen LogP contribution in [0.2, 0.25) is 0 Å². The summed E-state index contributed by atoms with van der Waals surface area (Å²) in [4.78, 5) is 12.7. The first kappa shape index (κ1) is 25.2. The Morgan fingerprint density at radius 3 is 2.42 bits per heavy atom. The van der Waals surface area contributed by atoms with Crippen LogP contribution in [0.5, 0.6) is 0 Å². The van der Waals surface area contributed by atoms with Gasteiger partial charge >= 0.3 is 0 Å². The molecule has 9 heteroatoms. The number of amides is 1. The summed E-state index contributed by atoms with van der Waals surface area (Å²) >= 11 is 0. The fraction of sp³-hybridized carbons (Fsp3) is 0.941. The van der Waals surface area contributed by atoms with E-state index >= 15 is 0 Å². The maximum atomic E-state index is 12.7. The van der Waals surface area contributed by atoms with Gasteiger partial charge in [-0.2, -0.15) is 0 Å². The Balaban J connectivity index is 4.59. The smallest absolute Gasteiger partial charge is 0.224 e. The zero-order chi connectivity index (χ0) is 20.2. The molecule has 0 saturated heterocycles. The van der Waals surface area contributed by atoms with Crippen molar-refractivity contribution in [3.63, 3.8) is 0 Å². The predicted octanol–water partition coefficient (Wildman–Crippen LogP) is -1.18. The number of hydrogen-bond donors (Lipinski definition) is 7. The van der Waals surface area contributed by atoms with Crippen LogP contribution in [0.3, 0.4) is 0 Å². The van der Waals surface area contributed by atoms with Gasteiger partial charge in [0, 0.05) is 12.1 Å². The molecule has 8 N–H and O–H groups in total. The van der Waals surface area contributed by atoms with Gasteiger partial charge in [0.05, 0.1) is 25.9 Å². The van der Waals surface area contributed by atoms with Crippen LogP contribution in [-0.2, 0) is 9.53 Å². The molecule has 1 unspecified atom stereocenters. The third kappa shape index (κ3) is 13.4. The molecule has 0 saturated carbocycles. The molecule has 26 heavy (non-hydrogen) atoms. The maximum absolute atomic E-state index is 12.7. The number of ether oxygens (including phenoxy) is 1. The zero-order valence-electron chi connectivity index (χ0n) is 16.5. The van der Waals surface area contributed by atoms with E-state index in [4.69, 9.17) is 20.7 Å². The fourth-order valence-corrected chi connectivity index (χ4v) is 2.29. The van der Waals surface area contributed by atoms with Crippen LogP contribution in [-0.4, -0.2) is 71.8 Å². The molecule has 2 atom stereocenters. The van der Waals surface area contributed by atoms with Gasteiger partial charge in [0.15, 0.2) is 0 Å². The van der Waals surface area contributed by atoms with Crippen LogP contribution in [0.1, 0.15) is 47.0 Å². The standard InChI is InChI=1S/C17H38N4O5/c1-16(2,7-9-26-17(3,4)18)21-15(25)13(6-5-8-19-12-23)10-20-14(24)11-22/h13-14,19-20,22-24H,5-12,18H2,1-4H3,(H,21,25)/t13-,14?/m1/s1. The summed E-state index contributed by atoms with van der Waals surface area (Å²) in [6.45, 7) is 8.10. The Morgan fingerprint density at radius 2 is 1.88 bits per heavy atom. The van der Waals surface area contributed by atoms with Crippen LogP contribution in [0.4, 0.5) is 0 Å². The largest absolute Gasteiger partial charge is 0.392 e. The van der Waals surface area contributed by atoms with Crippen molar-refractivity contribution in [1.29, 1.82) is 0 Å². The summed E-state index contributed by atoms with van der Waals surface area (Å²) in [5.74, 6) is -0.508. The third-order valence-corrected chi connectivity index (χ3v) is 3.82.